The standard InChI is InChI=1S/C16H13Cl2NO3S/c1-2-5-23(20,21)16-6-11(10-19)3-4-15(16)22-14-8-12(17)7-13(18)9-14/h3-4,6-9H,2,5H2,1H3. The van der Waals surface area contributed by atoms with Crippen molar-refractivity contribution in [1.29, 1.82) is 5.26 Å². The number of ether oxygens (including phenoxy) is 1. The van der Waals surface area contributed by atoms with Gasteiger partial charge in [0.15, 0.2) is 9.84 Å². The first-order valence-corrected chi connectivity index (χ1v) is 9.17. The van der Waals surface area contributed by atoms with E-state index in [4.69, 9.17) is 33.2 Å². The lowest BCUT2D eigenvalue weighted by Gasteiger charge is -2.12. The fraction of sp³-hybridized carbons (Fsp3) is 0.188. The molecule has 4 nitrogen and oxygen atoms in total. The smallest absolute Gasteiger partial charge is 0.182 e. The molecule has 0 saturated heterocycles. The minimum absolute atomic E-state index is 0.0190. The second-order valence-corrected chi connectivity index (χ2v) is 7.75. The summed E-state index contributed by atoms with van der Waals surface area (Å²) in [6.45, 7) is 1.77. The van der Waals surface area contributed by atoms with Gasteiger partial charge in [-0.15, -0.1) is 0 Å². The van der Waals surface area contributed by atoms with Gasteiger partial charge in [-0.2, -0.15) is 5.26 Å². The molecule has 2 aromatic rings. The van der Waals surface area contributed by atoms with Crippen molar-refractivity contribution in [1.82, 2.24) is 0 Å². The Labute approximate surface area is 145 Å². The molecule has 0 aromatic heterocycles. The van der Waals surface area contributed by atoms with Gasteiger partial charge in [-0.3, -0.25) is 0 Å². The summed E-state index contributed by atoms with van der Waals surface area (Å²) in [7, 11) is -3.56. The fourth-order valence-electron chi connectivity index (χ4n) is 2.00. The Kier molecular flexibility index (Phi) is 5.53. The van der Waals surface area contributed by atoms with Crippen LogP contribution in [-0.4, -0.2) is 14.2 Å². The Bertz CT molecular complexity index is 853. The first kappa shape index (κ1) is 17.6. The van der Waals surface area contributed by atoms with E-state index in [1.54, 1.807) is 13.0 Å². The Morgan fingerprint density at radius 3 is 2.35 bits per heavy atom. The molecule has 0 saturated carbocycles. The number of hydrogen-bond donors (Lipinski definition) is 0. The van der Waals surface area contributed by atoms with E-state index in [-0.39, 0.29) is 22.0 Å². The van der Waals surface area contributed by atoms with Crippen LogP contribution in [0.3, 0.4) is 0 Å². The Hall–Kier alpha value is -1.74. The van der Waals surface area contributed by atoms with Gasteiger partial charge in [0.25, 0.3) is 0 Å². The van der Waals surface area contributed by atoms with Crippen molar-refractivity contribution in [2.45, 2.75) is 18.2 Å². The molecule has 0 heterocycles. The van der Waals surface area contributed by atoms with E-state index in [9.17, 15) is 8.42 Å². The Morgan fingerprint density at radius 1 is 1.13 bits per heavy atom. The summed E-state index contributed by atoms with van der Waals surface area (Å²) in [5.74, 6) is 0.421. The highest BCUT2D eigenvalue weighted by Crippen LogP contribution is 2.33. The number of rotatable bonds is 5. The zero-order valence-electron chi connectivity index (χ0n) is 12.2. The van der Waals surface area contributed by atoms with Crippen molar-refractivity contribution in [3.05, 3.63) is 52.0 Å². The minimum atomic E-state index is -3.56. The highest BCUT2D eigenvalue weighted by molar-refractivity contribution is 7.91. The van der Waals surface area contributed by atoms with Crippen LogP contribution in [0.4, 0.5) is 0 Å². The van der Waals surface area contributed by atoms with Crippen LogP contribution >= 0.6 is 23.2 Å². The maximum Gasteiger partial charge on any atom is 0.182 e. The Balaban J connectivity index is 2.52. The summed E-state index contributed by atoms with van der Waals surface area (Å²) in [5, 5.41) is 9.74. The normalized spacial score (nSPS) is 11.0. The summed E-state index contributed by atoms with van der Waals surface area (Å²) in [4.78, 5) is -0.0190. The number of benzene rings is 2. The molecule has 23 heavy (non-hydrogen) atoms. The SMILES string of the molecule is CCCS(=O)(=O)c1cc(C#N)ccc1Oc1cc(Cl)cc(Cl)c1. The van der Waals surface area contributed by atoms with E-state index in [0.29, 0.717) is 22.2 Å². The van der Waals surface area contributed by atoms with E-state index >= 15 is 0 Å². The third kappa shape index (κ3) is 4.38. The molecule has 0 unspecified atom stereocenters. The molecule has 0 radical (unpaired) electrons. The van der Waals surface area contributed by atoms with Crippen LogP contribution in [0, 0.1) is 11.3 Å². The van der Waals surface area contributed by atoms with E-state index in [1.807, 2.05) is 6.07 Å². The highest BCUT2D eigenvalue weighted by atomic mass is 35.5. The van der Waals surface area contributed by atoms with Crippen molar-refractivity contribution >= 4 is 33.0 Å². The third-order valence-corrected chi connectivity index (χ3v) is 5.32. The van der Waals surface area contributed by atoms with Crippen LogP contribution in [0.1, 0.15) is 18.9 Å². The molecule has 2 rings (SSSR count). The van der Waals surface area contributed by atoms with Gasteiger partial charge in [-0.1, -0.05) is 30.1 Å². The molecule has 0 N–H and O–H groups in total. The van der Waals surface area contributed by atoms with Crippen LogP contribution in [0.15, 0.2) is 41.3 Å². The van der Waals surface area contributed by atoms with Crippen molar-refractivity contribution in [3.8, 4) is 17.6 Å². The van der Waals surface area contributed by atoms with Gasteiger partial charge in [-0.05, 0) is 42.8 Å². The number of sulfone groups is 1. The van der Waals surface area contributed by atoms with Crippen LogP contribution in [0.5, 0.6) is 11.5 Å². The molecule has 2 aromatic carbocycles. The second-order valence-electron chi connectivity index (χ2n) is 4.80. The van der Waals surface area contributed by atoms with Crippen molar-refractivity contribution in [2.75, 3.05) is 5.75 Å². The summed E-state index contributed by atoms with van der Waals surface area (Å²) in [5.41, 5.74) is 0.246. The van der Waals surface area contributed by atoms with E-state index in [0.717, 1.165) is 0 Å². The molecular weight excluding hydrogens is 357 g/mol. The summed E-state index contributed by atoms with van der Waals surface area (Å²) in [6.07, 6.45) is 0.460. The second kappa shape index (κ2) is 7.22. The largest absolute Gasteiger partial charge is 0.456 e. The van der Waals surface area contributed by atoms with Crippen LogP contribution < -0.4 is 4.74 Å². The lowest BCUT2D eigenvalue weighted by Crippen LogP contribution is -2.08. The van der Waals surface area contributed by atoms with Gasteiger partial charge in [0.1, 0.15) is 16.4 Å². The van der Waals surface area contributed by atoms with Crippen molar-refractivity contribution in [3.63, 3.8) is 0 Å². The predicted octanol–water partition coefficient (Wildman–Crippen LogP) is 4.84. The lowest BCUT2D eigenvalue weighted by molar-refractivity contribution is 0.467. The van der Waals surface area contributed by atoms with Gasteiger partial charge < -0.3 is 4.74 Å². The molecule has 0 spiro atoms. The zero-order chi connectivity index (χ0) is 17.0. The van der Waals surface area contributed by atoms with Crippen LogP contribution in [-0.2, 0) is 9.84 Å². The monoisotopic (exact) mass is 369 g/mol. The first-order valence-electron chi connectivity index (χ1n) is 6.76. The first-order chi connectivity index (χ1) is 10.9. The molecule has 0 amide bonds. The molecule has 0 fully saturated rings. The predicted molar refractivity (Wildman–Crippen MR) is 90.0 cm³/mol. The van der Waals surface area contributed by atoms with Gasteiger partial charge in [-0.25, -0.2) is 8.42 Å². The van der Waals surface area contributed by atoms with Gasteiger partial charge in [0.2, 0.25) is 0 Å². The van der Waals surface area contributed by atoms with Crippen LogP contribution in [0.25, 0.3) is 0 Å². The molecular formula is C16H13Cl2NO3S. The number of halogens is 2. The molecule has 0 atom stereocenters. The third-order valence-electron chi connectivity index (χ3n) is 2.94. The zero-order valence-corrected chi connectivity index (χ0v) is 14.5. The highest BCUT2D eigenvalue weighted by Gasteiger charge is 2.20. The quantitative estimate of drug-likeness (QED) is 0.755. The van der Waals surface area contributed by atoms with E-state index in [1.165, 1.54) is 30.3 Å². The average molecular weight is 370 g/mol. The molecule has 0 bridgehead atoms. The van der Waals surface area contributed by atoms with E-state index < -0.39 is 9.84 Å². The van der Waals surface area contributed by atoms with Gasteiger partial charge in [0.05, 0.1) is 17.4 Å². The fourth-order valence-corrected chi connectivity index (χ4v) is 3.98. The minimum Gasteiger partial charge on any atom is -0.456 e. The van der Waals surface area contributed by atoms with Gasteiger partial charge >= 0.3 is 0 Å². The number of nitrogens with zero attached hydrogens (tertiary/aromatic N) is 1. The van der Waals surface area contributed by atoms with Gasteiger partial charge in [0, 0.05) is 10.0 Å². The summed E-state index contributed by atoms with van der Waals surface area (Å²) < 4.78 is 30.5. The van der Waals surface area contributed by atoms with E-state index in [2.05, 4.69) is 0 Å². The van der Waals surface area contributed by atoms with Crippen molar-refractivity contribution < 1.29 is 13.2 Å². The molecule has 0 aliphatic carbocycles. The van der Waals surface area contributed by atoms with Crippen LogP contribution in [0.2, 0.25) is 10.0 Å². The average Bonchev–Trinajstić information content (AvgIpc) is 2.46. The number of nitriles is 1. The Morgan fingerprint density at radius 2 is 1.78 bits per heavy atom. The lowest BCUT2D eigenvalue weighted by atomic mass is 10.2. The molecule has 0 aliphatic rings. The molecule has 7 heteroatoms. The molecule has 120 valence electrons. The summed E-state index contributed by atoms with van der Waals surface area (Å²) in [6, 6.07) is 10.8. The molecule has 0 aliphatic heterocycles. The van der Waals surface area contributed by atoms with Crippen molar-refractivity contribution in [2.24, 2.45) is 0 Å². The topological polar surface area (TPSA) is 67.2 Å². The number of hydrogen-bond acceptors (Lipinski definition) is 4. The summed E-state index contributed by atoms with van der Waals surface area (Å²) >= 11 is 11.8. The maximum absolute atomic E-state index is 12.4. The maximum atomic E-state index is 12.4.